The highest BCUT2D eigenvalue weighted by Gasteiger charge is 2.20. The third-order valence-corrected chi connectivity index (χ3v) is 4.92. The maximum absolute atomic E-state index is 14.0. The number of nitrogens with one attached hydrogen (secondary N) is 1. The Hall–Kier alpha value is -0.580. The first kappa shape index (κ1) is 15.8. The third kappa shape index (κ3) is 4.47. The first-order valence-corrected chi connectivity index (χ1v) is 8.50. The van der Waals surface area contributed by atoms with E-state index in [0.29, 0.717) is 18.6 Å². The molecule has 20 heavy (non-hydrogen) atoms. The molecule has 2 nitrogen and oxygen atoms in total. The molecule has 112 valence electrons. The van der Waals surface area contributed by atoms with Crippen LogP contribution < -0.4 is 5.32 Å². The van der Waals surface area contributed by atoms with Crippen molar-refractivity contribution in [3.8, 4) is 0 Å². The lowest BCUT2D eigenvalue weighted by atomic mass is 10.1. The molecule has 1 aliphatic heterocycles. The van der Waals surface area contributed by atoms with Crippen molar-refractivity contribution in [1.29, 1.82) is 0 Å². The predicted molar refractivity (Wildman–Crippen MR) is 85.6 cm³/mol. The van der Waals surface area contributed by atoms with Gasteiger partial charge in [-0.1, -0.05) is 26.0 Å². The third-order valence-electron chi connectivity index (χ3n) is 3.77. The van der Waals surface area contributed by atoms with Crippen molar-refractivity contribution in [1.82, 2.24) is 10.2 Å². The van der Waals surface area contributed by atoms with Crippen molar-refractivity contribution in [3.63, 3.8) is 0 Å². The molecule has 1 heterocycles. The van der Waals surface area contributed by atoms with Gasteiger partial charge in [-0.2, -0.15) is 11.8 Å². The van der Waals surface area contributed by atoms with E-state index in [1.54, 1.807) is 6.07 Å². The van der Waals surface area contributed by atoms with Crippen molar-refractivity contribution in [3.05, 3.63) is 35.1 Å². The minimum Gasteiger partial charge on any atom is -0.310 e. The van der Waals surface area contributed by atoms with E-state index in [1.165, 1.54) is 17.9 Å². The van der Waals surface area contributed by atoms with Gasteiger partial charge in [0.05, 0.1) is 0 Å². The van der Waals surface area contributed by atoms with E-state index in [1.807, 2.05) is 23.9 Å². The fourth-order valence-corrected chi connectivity index (χ4v) is 3.75. The molecule has 1 aromatic rings. The van der Waals surface area contributed by atoms with Gasteiger partial charge < -0.3 is 5.32 Å². The normalized spacial score (nSPS) is 19.2. The van der Waals surface area contributed by atoms with Crippen LogP contribution in [0.3, 0.4) is 0 Å². The monoisotopic (exact) mass is 296 g/mol. The molecular formula is C16H25FN2S. The summed E-state index contributed by atoms with van der Waals surface area (Å²) < 4.78 is 14.0. The largest absolute Gasteiger partial charge is 0.310 e. The van der Waals surface area contributed by atoms with Crippen molar-refractivity contribution in [2.24, 2.45) is 0 Å². The van der Waals surface area contributed by atoms with Crippen LogP contribution in [-0.4, -0.2) is 35.5 Å². The van der Waals surface area contributed by atoms with Crippen LogP contribution in [0.1, 0.15) is 31.4 Å². The van der Waals surface area contributed by atoms with E-state index in [9.17, 15) is 4.39 Å². The van der Waals surface area contributed by atoms with Crippen LogP contribution in [0.25, 0.3) is 0 Å². The molecule has 0 spiro atoms. The van der Waals surface area contributed by atoms with Crippen molar-refractivity contribution in [2.45, 2.75) is 45.4 Å². The SMILES string of the molecule is CC(C)NCc1ccc(F)c(CN(C)C2CCSC2)c1. The summed E-state index contributed by atoms with van der Waals surface area (Å²) in [7, 11) is 2.11. The molecule has 1 saturated heterocycles. The second-order valence-electron chi connectivity index (χ2n) is 5.89. The summed E-state index contributed by atoms with van der Waals surface area (Å²) in [6, 6.07) is 6.52. The van der Waals surface area contributed by atoms with Crippen molar-refractivity contribution in [2.75, 3.05) is 18.6 Å². The molecule has 4 heteroatoms. The zero-order chi connectivity index (χ0) is 14.5. The zero-order valence-corrected chi connectivity index (χ0v) is 13.5. The van der Waals surface area contributed by atoms with Crippen LogP contribution in [0.4, 0.5) is 4.39 Å². The van der Waals surface area contributed by atoms with Gasteiger partial charge in [-0.3, -0.25) is 4.90 Å². The van der Waals surface area contributed by atoms with Crippen LogP contribution in [0, 0.1) is 5.82 Å². The number of hydrogen-bond donors (Lipinski definition) is 1. The predicted octanol–water partition coefficient (Wildman–Crippen LogP) is 3.26. The molecule has 1 aliphatic rings. The van der Waals surface area contributed by atoms with Gasteiger partial charge in [0, 0.05) is 36.5 Å². The molecule has 0 amide bonds. The van der Waals surface area contributed by atoms with Gasteiger partial charge in [-0.15, -0.1) is 0 Å². The summed E-state index contributed by atoms with van der Waals surface area (Å²) in [5.41, 5.74) is 1.97. The summed E-state index contributed by atoms with van der Waals surface area (Å²) in [4.78, 5) is 2.29. The summed E-state index contributed by atoms with van der Waals surface area (Å²) in [5.74, 6) is 2.32. The Balaban J connectivity index is 2.00. The van der Waals surface area contributed by atoms with E-state index >= 15 is 0 Å². The number of rotatable bonds is 6. The van der Waals surface area contributed by atoms with Gasteiger partial charge in [0.2, 0.25) is 0 Å². The summed E-state index contributed by atoms with van der Waals surface area (Å²) in [6.07, 6.45) is 1.22. The van der Waals surface area contributed by atoms with Gasteiger partial charge in [-0.25, -0.2) is 4.39 Å². The van der Waals surface area contributed by atoms with Gasteiger partial charge in [0.15, 0.2) is 0 Å². The van der Waals surface area contributed by atoms with Crippen LogP contribution >= 0.6 is 11.8 Å². The Bertz CT molecular complexity index is 430. The highest BCUT2D eigenvalue weighted by Crippen LogP contribution is 2.23. The lowest BCUT2D eigenvalue weighted by molar-refractivity contribution is 0.251. The Labute approximate surface area is 126 Å². The number of benzene rings is 1. The second kappa shape index (κ2) is 7.43. The molecule has 1 atom stereocenters. The van der Waals surface area contributed by atoms with Crippen LogP contribution in [0.15, 0.2) is 18.2 Å². The Kier molecular flexibility index (Phi) is 5.87. The molecule has 1 fully saturated rings. The smallest absolute Gasteiger partial charge is 0.127 e. The minimum absolute atomic E-state index is 0.0872. The van der Waals surface area contributed by atoms with E-state index in [2.05, 4.69) is 31.1 Å². The molecule has 0 radical (unpaired) electrons. The second-order valence-corrected chi connectivity index (χ2v) is 7.04. The molecule has 0 aromatic heterocycles. The standard InChI is InChI=1S/C16H25FN2S/c1-12(2)18-9-13-4-5-16(17)14(8-13)10-19(3)15-6-7-20-11-15/h4-5,8,12,15,18H,6-7,9-11H2,1-3H3. The molecule has 1 unspecified atom stereocenters. The Morgan fingerprint density at radius 3 is 2.90 bits per heavy atom. The molecule has 0 bridgehead atoms. The Morgan fingerprint density at radius 2 is 2.25 bits per heavy atom. The average molecular weight is 296 g/mol. The maximum Gasteiger partial charge on any atom is 0.127 e. The molecule has 1 aromatic carbocycles. The lowest BCUT2D eigenvalue weighted by Gasteiger charge is -2.24. The van der Waals surface area contributed by atoms with Gasteiger partial charge in [0.1, 0.15) is 5.82 Å². The summed E-state index contributed by atoms with van der Waals surface area (Å²) in [5, 5.41) is 3.38. The van der Waals surface area contributed by atoms with Crippen LogP contribution in [0.5, 0.6) is 0 Å². The van der Waals surface area contributed by atoms with E-state index in [4.69, 9.17) is 0 Å². The van der Waals surface area contributed by atoms with Gasteiger partial charge in [-0.05, 0) is 30.9 Å². The van der Waals surface area contributed by atoms with Crippen LogP contribution in [-0.2, 0) is 13.1 Å². The number of nitrogens with zero attached hydrogens (tertiary/aromatic N) is 1. The highest BCUT2D eigenvalue weighted by molar-refractivity contribution is 7.99. The van der Waals surface area contributed by atoms with E-state index in [-0.39, 0.29) is 5.82 Å². The van der Waals surface area contributed by atoms with Gasteiger partial charge >= 0.3 is 0 Å². The maximum atomic E-state index is 14.0. The molecule has 2 rings (SSSR count). The zero-order valence-electron chi connectivity index (χ0n) is 12.7. The first-order valence-electron chi connectivity index (χ1n) is 7.35. The number of hydrogen-bond acceptors (Lipinski definition) is 3. The topological polar surface area (TPSA) is 15.3 Å². The average Bonchev–Trinajstić information content (AvgIpc) is 2.93. The quantitative estimate of drug-likeness (QED) is 0.867. The Morgan fingerprint density at radius 1 is 1.45 bits per heavy atom. The van der Waals surface area contributed by atoms with E-state index in [0.717, 1.165) is 17.7 Å². The first-order chi connectivity index (χ1) is 9.56. The molecule has 0 saturated carbocycles. The highest BCUT2D eigenvalue weighted by atomic mass is 32.2. The van der Waals surface area contributed by atoms with E-state index < -0.39 is 0 Å². The minimum atomic E-state index is -0.0872. The van der Waals surface area contributed by atoms with Gasteiger partial charge in [0.25, 0.3) is 0 Å². The van der Waals surface area contributed by atoms with Crippen molar-refractivity contribution < 1.29 is 4.39 Å². The fourth-order valence-electron chi connectivity index (χ4n) is 2.45. The summed E-state index contributed by atoms with van der Waals surface area (Å²) in [6.45, 7) is 5.74. The fraction of sp³-hybridized carbons (Fsp3) is 0.625. The van der Waals surface area contributed by atoms with Crippen LogP contribution in [0.2, 0.25) is 0 Å². The molecule has 0 aliphatic carbocycles. The molecular weight excluding hydrogens is 271 g/mol. The summed E-state index contributed by atoms with van der Waals surface area (Å²) >= 11 is 1.99. The number of thioether (sulfide) groups is 1. The lowest BCUT2D eigenvalue weighted by Crippen LogP contribution is -2.31. The number of halogens is 1. The van der Waals surface area contributed by atoms with Crippen molar-refractivity contribution >= 4 is 11.8 Å². The molecule has 1 N–H and O–H groups in total.